The molecule has 0 bridgehead atoms. The van der Waals surface area contributed by atoms with E-state index < -0.39 is 11.4 Å². The summed E-state index contributed by atoms with van der Waals surface area (Å²) in [7, 11) is 0. The Balaban J connectivity index is 1.38. The van der Waals surface area contributed by atoms with Gasteiger partial charge in [-0.3, -0.25) is 24.8 Å². The van der Waals surface area contributed by atoms with Gasteiger partial charge in [-0.1, -0.05) is 13.8 Å². The normalized spacial score (nSPS) is 20.6. The maximum Gasteiger partial charge on any atom is 0.257 e. The van der Waals surface area contributed by atoms with Crippen molar-refractivity contribution in [2.75, 3.05) is 18.4 Å². The molecule has 1 aromatic carbocycles. The van der Waals surface area contributed by atoms with Crippen LogP contribution in [0.15, 0.2) is 36.5 Å². The number of halogens is 1. The lowest BCUT2D eigenvalue weighted by Crippen LogP contribution is -2.41. The van der Waals surface area contributed by atoms with Gasteiger partial charge < -0.3 is 15.0 Å². The van der Waals surface area contributed by atoms with E-state index >= 15 is 0 Å². The molecule has 3 N–H and O–H groups in total. The van der Waals surface area contributed by atoms with E-state index in [0.717, 1.165) is 62.8 Å². The van der Waals surface area contributed by atoms with E-state index in [1.807, 2.05) is 27.7 Å². The average molecular weight is 579 g/mol. The number of carbonyl (C=O) groups is 2. The molecule has 0 spiro atoms. The standard InChI is InChI=1S/C32H43FN6O3/c1-20(2)29(40)35-24-9-11-26(12-10-24)39-28-17-25(19-38-15-13-22(14-16-38)32(3,4)42)34-18-27(28)36-31(39)37-30(41)21-5-7-23(33)8-6-21/h5-8,17-18,20,22,24,26,42H,9-16,19H2,1-4H3,(H,35,40)(H,36,37,41). The van der Waals surface area contributed by atoms with Crippen molar-refractivity contribution in [2.45, 2.75) is 90.4 Å². The number of anilines is 1. The number of hydrogen-bond donors (Lipinski definition) is 3. The molecule has 1 saturated heterocycles. The zero-order valence-corrected chi connectivity index (χ0v) is 25.1. The van der Waals surface area contributed by atoms with Crippen LogP contribution in [-0.4, -0.2) is 61.1 Å². The lowest BCUT2D eigenvalue weighted by Gasteiger charge is -2.37. The third kappa shape index (κ3) is 6.98. The SMILES string of the molecule is CC(C)C(=O)NC1CCC(n2c(NC(=O)c3ccc(F)cc3)nc3cnc(CN4CCC(C(C)(C)O)CC4)cc32)CC1. The van der Waals surface area contributed by atoms with Crippen LogP contribution in [0.25, 0.3) is 11.0 Å². The van der Waals surface area contributed by atoms with Gasteiger partial charge in [-0.05, 0) is 102 Å². The molecule has 2 amide bonds. The summed E-state index contributed by atoms with van der Waals surface area (Å²) in [5.74, 6) is -0.00546. The number of rotatable bonds is 8. The topological polar surface area (TPSA) is 112 Å². The molecule has 2 aromatic heterocycles. The molecule has 0 atom stereocenters. The number of likely N-dealkylation sites (tertiary alicyclic amines) is 1. The summed E-state index contributed by atoms with van der Waals surface area (Å²) in [6, 6.07) is 7.75. The Morgan fingerprint density at radius 1 is 1.07 bits per heavy atom. The first kappa shape index (κ1) is 30.1. The fourth-order valence-electron chi connectivity index (χ4n) is 6.23. The highest BCUT2D eigenvalue weighted by Gasteiger charge is 2.31. The summed E-state index contributed by atoms with van der Waals surface area (Å²) in [6.07, 6.45) is 6.99. The molecular weight excluding hydrogens is 535 g/mol. The van der Waals surface area contributed by atoms with Crippen LogP contribution < -0.4 is 10.6 Å². The minimum Gasteiger partial charge on any atom is -0.390 e. The fourth-order valence-corrected chi connectivity index (χ4v) is 6.23. The van der Waals surface area contributed by atoms with E-state index in [-0.39, 0.29) is 29.8 Å². The predicted molar refractivity (Wildman–Crippen MR) is 160 cm³/mol. The second kappa shape index (κ2) is 12.5. The maximum atomic E-state index is 13.5. The molecule has 0 unspecified atom stereocenters. The highest BCUT2D eigenvalue weighted by atomic mass is 19.1. The van der Waals surface area contributed by atoms with Crippen molar-refractivity contribution in [1.82, 2.24) is 24.8 Å². The number of benzene rings is 1. The van der Waals surface area contributed by atoms with Crippen molar-refractivity contribution < 1.29 is 19.1 Å². The molecule has 0 radical (unpaired) electrons. The van der Waals surface area contributed by atoms with Crippen LogP contribution in [0.4, 0.5) is 10.3 Å². The van der Waals surface area contributed by atoms with Gasteiger partial charge in [0.15, 0.2) is 0 Å². The highest BCUT2D eigenvalue weighted by Crippen LogP contribution is 2.35. The Bertz CT molecular complexity index is 1400. The molecule has 10 heteroatoms. The van der Waals surface area contributed by atoms with Crippen LogP contribution >= 0.6 is 0 Å². The molecule has 3 aromatic rings. The number of aliphatic hydroxyl groups is 1. The molecule has 1 aliphatic heterocycles. The number of aromatic nitrogens is 3. The van der Waals surface area contributed by atoms with Gasteiger partial charge in [-0.15, -0.1) is 0 Å². The van der Waals surface area contributed by atoms with E-state index in [1.165, 1.54) is 24.3 Å². The minimum absolute atomic E-state index is 0.0552. The molecule has 226 valence electrons. The van der Waals surface area contributed by atoms with E-state index in [4.69, 9.17) is 9.97 Å². The third-order valence-corrected chi connectivity index (χ3v) is 8.87. The zero-order valence-electron chi connectivity index (χ0n) is 25.1. The number of amides is 2. The van der Waals surface area contributed by atoms with Crippen molar-refractivity contribution in [2.24, 2.45) is 11.8 Å². The van der Waals surface area contributed by atoms with Gasteiger partial charge in [0.25, 0.3) is 5.91 Å². The minimum atomic E-state index is -0.666. The summed E-state index contributed by atoms with van der Waals surface area (Å²) < 4.78 is 15.6. The van der Waals surface area contributed by atoms with Crippen molar-refractivity contribution in [1.29, 1.82) is 0 Å². The summed E-state index contributed by atoms with van der Waals surface area (Å²) in [6.45, 7) is 10.1. The van der Waals surface area contributed by atoms with E-state index in [2.05, 4.69) is 26.2 Å². The third-order valence-electron chi connectivity index (χ3n) is 8.87. The lowest BCUT2D eigenvalue weighted by molar-refractivity contribution is -0.125. The molecule has 9 nitrogen and oxygen atoms in total. The average Bonchev–Trinajstić information content (AvgIpc) is 3.30. The fraction of sp³-hybridized carbons (Fsp3) is 0.562. The van der Waals surface area contributed by atoms with Gasteiger partial charge in [0, 0.05) is 30.1 Å². The second-order valence-corrected chi connectivity index (χ2v) is 12.8. The van der Waals surface area contributed by atoms with Gasteiger partial charge in [0.05, 0.1) is 23.0 Å². The smallest absolute Gasteiger partial charge is 0.257 e. The van der Waals surface area contributed by atoms with E-state index in [1.54, 1.807) is 6.20 Å². The number of imidazole rings is 1. The van der Waals surface area contributed by atoms with Crippen LogP contribution in [0.1, 0.15) is 88.3 Å². The Morgan fingerprint density at radius 2 is 1.74 bits per heavy atom. The molecule has 2 fully saturated rings. The second-order valence-electron chi connectivity index (χ2n) is 12.8. The quantitative estimate of drug-likeness (QED) is 0.345. The molecule has 5 rings (SSSR count). The van der Waals surface area contributed by atoms with Crippen molar-refractivity contribution in [3.05, 3.63) is 53.6 Å². The lowest BCUT2D eigenvalue weighted by atomic mass is 9.83. The number of nitrogens with one attached hydrogen (secondary N) is 2. The molecule has 1 saturated carbocycles. The highest BCUT2D eigenvalue weighted by molar-refractivity contribution is 6.04. The largest absolute Gasteiger partial charge is 0.390 e. The number of fused-ring (bicyclic) bond motifs is 1. The molecule has 2 aliphatic rings. The summed E-state index contributed by atoms with van der Waals surface area (Å²) >= 11 is 0. The van der Waals surface area contributed by atoms with Crippen LogP contribution in [0.2, 0.25) is 0 Å². The van der Waals surface area contributed by atoms with Gasteiger partial charge in [0.2, 0.25) is 11.9 Å². The van der Waals surface area contributed by atoms with Crippen LogP contribution in [0.3, 0.4) is 0 Å². The van der Waals surface area contributed by atoms with Gasteiger partial charge in [-0.25, -0.2) is 9.37 Å². The van der Waals surface area contributed by atoms with Crippen molar-refractivity contribution in [3.8, 4) is 0 Å². The van der Waals surface area contributed by atoms with Gasteiger partial charge in [0.1, 0.15) is 11.3 Å². The van der Waals surface area contributed by atoms with E-state index in [9.17, 15) is 19.1 Å². The summed E-state index contributed by atoms with van der Waals surface area (Å²) in [5, 5.41) is 16.6. The summed E-state index contributed by atoms with van der Waals surface area (Å²) in [4.78, 5) is 37.3. The monoisotopic (exact) mass is 578 g/mol. The zero-order chi connectivity index (χ0) is 30.0. The number of pyridine rings is 1. The molecule has 42 heavy (non-hydrogen) atoms. The summed E-state index contributed by atoms with van der Waals surface area (Å²) in [5.41, 5.74) is 2.23. The number of nitrogens with zero attached hydrogens (tertiary/aromatic N) is 4. The molecular formula is C32H43FN6O3. The molecule has 3 heterocycles. The van der Waals surface area contributed by atoms with Gasteiger partial charge >= 0.3 is 0 Å². The van der Waals surface area contributed by atoms with Crippen LogP contribution in [-0.2, 0) is 11.3 Å². The van der Waals surface area contributed by atoms with Crippen molar-refractivity contribution >= 4 is 28.8 Å². The number of piperidine rings is 1. The number of carbonyl (C=O) groups excluding carboxylic acids is 2. The maximum absolute atomic E-state index is 13.5. The first-order valence-corrected chi connectivity index (χ1v) is 15.2. The van der Waals surface area contributed by atoms with Gasteiger partial charge in [-0.2, -0.15) is 0 Å². The Labute approximate surface area is 246 Å². The Kier molecular flexibility index (Phi) is 8.94. The van der Waals surface area contributed by atoms with Crippen LogP contribution in [0.5, 0.6) is 0 Å². The first-order valence-electron chi connectivity index (χ1n) is 15.2. The number of hydrogen-bond acceptors (Lipinski definition) is 6. The van der Waals surface area contributed by atoms with Crippen LogP contribution in [0, 0.1) is 17.7 Å². The first-order chi connectivity index (χ1) is 20.0. The predicted octanol–water partition coefficient (Wildman–Crippen LogP) is 5.06. The molecule has 1 aliphatic carbocycles. The Morgan fingerprint density at radius 3 is 2.36 bits per heavy atom. The van der Waals surface area contributed by atoms with E-state index in [0.29, 0.717) is 29.5 Å². The Hall–Kier alpha value is -3.37. The van der Waals surface area contributed by atoms with Crippen molar-refractivity contribution in [3.63, 3.8) is 0 Å².